The highest BCUT2D eigenvalue weighted by molar-refractivity contribution is 5.89. The summed E-state index contributed by atoms with van der Waals surface area (Å²) in [6.07, 6.45) is 0.146. The van der Waals surface area contributed by atoms with Crippen LogP contribution in [0.2, 0.25) is 0 Å². The van der Waals surface area contributed by atoms with Gasteiger partial charge in [-0.25, -0.2) is 0 Å². The summed E-state index contributed by atoms with van der Waals surface area (Å²) in [6, 6.07) is 7.43. The number of benzene rings is 2. The van der Waals surface area contributed by atoms with Crippen LogP contribution in [0.15, 0.2) is 30.3 Å². The molecule has 0 saturated carbocycles. The number of carboxylic acid groups (broad SMARTS) is 1. The quantitative estimate of drug-likeness (QED) is 0.675. The maximum atomic E-state index is 10.6. The lowest BCUT2D eigenvalue weighted by atomic mass is 9.95. The average molecular weight is 261 g/mol. The van der Waals surface area contributed by atoms with Crippen molar-refractivity contribution in [1.82, 2.24) is 0 Å². The predicted molar refractivity (Wildman–Crippen MR) is 71.1 cm³/mol. The van der Waals surface area contributed by atoms with Crippen LogP contribution in [0.5, 0.6) is 11.5 Å². The Labute approximate surface area is 109 Å². The maximum Gasteiger partial charge on any atom is 0.303 e. The number of hydrogen-bond donors (Lipinski definition) is 4. The minimum atomic E-state index is -0.932. The van der Waals surface area contributed by atoms with Gasteiger partial charge >= 0.3 is 5.97 Å². The van der Waals surface area contributed by atoms with Crippen molar-refractivity contribution >= 4 is 16.7 Å². The van der Waals surface area contributed by atoms with Crippen LogP contribution in [-0.4, -0.2) is 21.3 Å². The number of fused-ring (bicyclic) bond motifs is 1. The number of aromatic hydroxyl groups is 2. The summed E-state index contributed by atoms with van der Waals surface area (Å²) in [6.45, 7) is 0. The first-order valence-corrected chi connectivity index (χ1v) is 5.91. The molecule has 2 aromatic rings. The SMILES string of the molecule is NC(CCC(=O)O)c1c(O)ccc2ccc(O)cc12. The topological polar surface area (TPSA) is 104 Å². The molecule has 2 aromatic carbocycles. The van der Waals surface area contributed by atoms with Gasteiger partial charge in [-0.05, 0) is 35.4 Å². The Hall–Kier alpha value is -2.27. The zero-order chi connectivity index (χ0) is 14.0. The van der Waals surface area contributed by atoms with Gasteiger partial charge in [-0.15, -0.1) is 0 Å². The Balaban J connectivity index is 2.48. The van der Waals surface area contributed by atoms with E-state index >= 15 is 0 Å². The molecule has 1 unspecified atom stereocenters. The largest absolute Gasteiger partial charge is 0.508 e. The average Bonchev–Trinajstić information content (AvgIpc) is 2.35. The van der Waals surface area contributed by atoms with Crippen molar-refractivity contribution in [1.29, 1.82) is 0 Å². The van der Waals surface area contributed by atoms with Gasteiger partial charge < -0.3 is 21.1 Å². The van der Waals surface area contributed by atoms with Gasteiger partial charge in [0, 0.05) is 18.0 Å². The molecule has 0 saturated heterocycles. The van der Waals surface area contributed by atoms with Gasteiger partial charge in [0.15, 0.2) is 0 Å². The Morgan fingerprint density at radius 2 is 1.89 bits per heavy atom. The van der Waals surface area contributed by atoms with E-state index in [4.69, 9.17) is 10.8 Å². The minimum absolute atomic E-state index is 0.0102. The fourth-order valence-corrected chi connectivity index (χ4v) is 2.13. The summed E-state index contributed by atoms with van der Waals surface area (Å²) in [5.74, 6) is -0.848. The molecule has 5 heteroatoms. The molecule has 0 aliphatic heterocycles. The summed E-state index contributed by atoms with van der Waals surface area (Å²) in [7, 11) is 0. The fourth-order valence-electron chi connectivity index (χ4n) is 2.13. The molecule has 2 rings (SSSR count). The molecule has 19 heavy (non-hydrogen) atoms. The number of aliphatic carboxylic acids is 1. The van der Waals surface area contributed by atoms with E-state index in [1.54, 1.807) is 18.2 Å². The third kappa shape index (κ3) is 2.77. The summed E-state index contributed by atoms with van der Waals surface area (Å²) >= 11 is 0. The van der Waals surface area contributed by atoms with Gasteiger partial charge in [0.1, 0.15) is 11.5 Å². The smallest absolute Gasteiger partial charge is 0.303 e. The molecule has 0 amide bonds. The number of rotatable bonds is 4. The Morgan fingerprint density at radius 3 is 2.58 bits per heavy atom. The Kier molecular flexibility index (Phi) is 3.57. The molecule has 5 N–H and O–H groups in total. The first kappa shape index (κ1) is 13.2. The van der Waals surface area contributed by atoms with Crippen molar-refractivity contribution in [3.63, 3.8) is 0 Å². The van der Waals surface area contributed by atoms with Gasteiger partial charge in [0.2, 0.25) is 0 Å². The molecule has 0 bridgehead atoms. The molecular formula is C14H15NO4. The van der Waals surface area contributed by atoms with Gasteiger partial charge in [0.05, 0.1) is 0 Å². The van der Waals surface area contributed by atoms with Crippen molar-refractivity contribution in [2.75, 3.05) is 0 Å². The van der Waals surface area contributed by atoms with Crippen molar-refractivity contribution in [3.8, 4) is 11.5 Å². The summed E-state index contributed by atoms with van der Waals surface area (Å²) in [5, 5.41) is 29.6. The molecule has 0 aliphatic rings. The lowest BCUT2D eigenvalue weighted by molar-refractivity contribution is -0.137. The monoisotopic (exact) mass is 261 g/mol. The summed E-state index contributed by atoms with van der Waals surface area (Å²) in [4.78, 5) is 10.6. The number of phenolic OH excluding ortho intramolecular Hbond substituents is 2. The predicted octanol–water partition coefficient (Wildman–Crippen LogP) is 2.12. The number of nitrogens with two attached hydrogens (primary N) is 1. The van der Waals surface area contributed by atoms with Crippen LogP contribution in [-0.2, 0) is 4.79 Å². The van der Waals surface area contributed by atoms with E-state index < -0.39 is 12.0 Å². The summed E-state index contributed by atoms with van der Waals surface area (Å²) in [5.41, 5.74) is 6.42. The van der Waals surface area contributed by atoms with E-state index in [9.17, 15) is 15.0 Å². The van der Waals surface area contributed by atoms with Crippen LogP contribution in [0.3, 0.4) is 0 Å². The van der Waals surface area contributed by atoms with E-state index in [1.165, 1.54) is 12.1 Å². The molecule has 1 atom stereocenters. The van der Waals surface area contributed by atoms with Gasteiger partial charge in [-0.3, -0.25) is 4.79 Å². The highest BCUT2D eigenvalue weighted by Gasteiger charge is 2.16. The number of phenols is 2. The second-order valence-corrected chi connectivity index (χ2v) is 4.44. The number of carbonyl (C=O) groups is 1. The number of hydrogen-bond acceptors (Lipinski definition) is 4. The zero-order valence-electron chi connectivity index (χ0n) is 10.2. The zero-order valence-corrected chi connectivity index (χ0v) is 10.2. The maximum absolute atomic E-state index is 10.6. The lowest BCUT2D eigenvalue weighted by Gasteiger charge is -2.16. The van der Waals surface area contributed by atoms with E-state index in [2.05, 4.69) is 0 Å². The minimum Gasteiger partial charge on any atom is -0.508 e. The summed E-state index contributed by atoms with van der Waals surface area (Å²) < 4.78 is 0. The first-order chi connectivity index (χ1) is 8.99. The van der Waals surface area contributed by atoms with Gasteiger partial charge in [0.25, 0.3) is 0 Å². The van der Waals surface area contributed by atoms with E-state index in [-0.39, 0.29) is 24.3 Å². The van der Waals surface area contributed by atoms with Crippen molar-refractivity contribution in [3.05, 3.63) is 35.9 Å². The molecule has 100 valence electrons. The molecule has 0 aliphatic carbocycles. The van der Waals surface area contributed by atoms with E-state index in [0.29, 0.717) is 10.9 Å². The van der Waals surface area contributed by atoms with Gasteiger partial charge in [-0.2, -0.15) is 0 Å². The van der Waals surface area contributed by atoms with Crippen molar-refractivity contribution in [2.24, 2.45) is 5.73 Å². The number of carboxylic acids is 1. The third-order valence-corrected chi connectivity index (χ3v) is 3.06. The molecule has 5 nitrogen and oxygen atoms in total. The standard InChI is InChI=1S/C14H15NO4/c15-11(4-6-13(18)19)14-10-7-9(16)3-1-8(10)2-5-12(14)17/h1-3,5,7,11,16-17H,4,6,15H2,(H,18,19). The third-order valence-electron chi connectivity index (χ3n) is 3.06. The molecule has 0 aromatic heterocycles. The Morgan fingerprint density at radius 1 is 1.21 bits per heavy atom. The van der Waals surface area contributed by atoms with Gasteiger partial charge in [-0.1, -0.05) is 12.1 Å². The van der Waals surface area contributed by atoms with Crippen LogP contribution in [0.25, 0.3) is 10.8 Å². The highest BCUT2D eigenvalue weighted by atomic mass is 16.4. The normalized spacial score (nSPS) is 12.5. The molecule has 0 radical (unpaired) electrons. The first-order valence-electron chi connectivity index (χ1n) is 5.91. The lowest BCUT2D eigenvalue weighted by Crippen LogP contribution is -2.13. The Bertz CT molecular complexity index is 619. The molecular weight excluding hydrogens is 246 g/mol. The van der Waals surface area contributed by atoms with Crippen LogP contribution in [0, 0.1) is 0 Å². The van der Waals surface area contributed by atoms with Crippen LogP contribution in [0.1, 0.15) is 24.4 Å². The molecule has 0 heterocycles. The van der Waals surface area contributed by atoms with E-state index in [1.807, 2.05) is 0 Å². The van der Waals surface area contributed by atoms with E-state index in [0.717, 1.165) is 5.39 Å². The second kappa shape index (κ2) is 5.16. The second-order valence-electron chi connectivity index (χ2n) is 4.44. The van der Waals surface area contributed by atoms with Crippen LogP contribution >= 0.6 is 0 Å². The van der Waals surface area contributed by atoms with Crippen LogP contribution in [0.4, 0.5) is 0 Å². The fraction of sp³-hybridized carbons (Fsp3) is 0.214. The van der Waals surface area contributed by atoms with Crippen molar-refractivity contribution in [2.45, 2.75) is 18.9 Å². The molecule has 0 fully saturated rings. The highest BCUT2D eigenvalue weighted by Crippen LogP contribution is 2.34. The molecule has 0 spiro atoms. The van der Waals surface area contributed by atoms with Crippen molar-refractivity contribution < 1.29 is 20.1 Å². The van der Waals surface area contributed by atoms with Crippen LogP contribution < -0.4 is 5.73 Å².